The van der Waals surface area contributed by atoms with Gasteiger partial charge in [-0.3, -0.25) is 4.79 Å². The van der Waals surface area contributed by atoms with Gasteiger partial charge in [-0.25, -0.2) is 13.6 Å². The zero-order valence-corrected chi connectivity index (χ0v) is 16.3. The molecule has 0 aliphatic carbocycles. The molecule has 0 saturated carbocycles. The predicted molar refractivity (Wildman–Crippen MR) is 102 cm³/mol. The highest BCUT2D eigenvalue weighted by atomic mass is 35.5. The number of amides is 1. The molecule has 3 aromatic rings. The number of halogens is 4. The molecule has 0 aliphatic heterocycles. The van der Waals surface area contributed by atoms with Crippen molar-refractivity contribution in [1.82, 2.24) is 5.16 Å². The lowest BCUT2D eigenvalue weighted by molar-refractivity contribution is -0.119. The van der Waals surface area contributed by atoms with Gasteiger partial charge in [0.1, 0.15) is 28.7 Å². The predicted octanol–water partition coefficient (Wildman–Crippen LogP) is 5.03. The first kappa shape index (κ1) is 20.8. The summed E-state index contributed by atoms with van der Waals surface area (Å²) in [5, 5.41) is 6.14. The van der Waals surface area contributed by atoms with Gasteiger partial charge < -0.3 is 14.6 Å². The molecule has 0 bridgehead atoms. The van der Waals surface area contributed by atoms with Gasteiger partial charge in [0.15, 0.2) is 6.61 Å². The first-order valence-corrected chi connectivity index (χ1v) is 8.86. The van der Waals surface area contributed by atoms with Crippen molar-refractivity contribution in [2.45, 2.75) is 6.92 Å². The zero-order valence-electron chi connectivity index (χ0n) is 14.8. The number of carbonyl (C=O) groups is 2. The van der Waals surface area contributed by atoms with Crippen LogP contribution in [0.5, 0.6) is 0 Å². The minimum atomic E-state index is -0.986. The van der Waals surface area contributed by atoms with Crippen LogP contribution in [-0.2, 0) is 9.53 Å². The van der Waals surface area contributed by atoms with Gasteiger partial charge in [0.05, 0.1) is 16.3 Å². The van der Waals surface area contributed by atoms with E-state index in [1.165, 1.54) is 31.2 Å². The van der Waals surface area contributed by atoms with Crippen molar-refractivity contribution < 1.29 is 27.6 Å². The quantitative estimate of drug-likeness (QED) is 0.562. The van der Waals surface area contributed by atoms with Crippen LogP contribution in [0.2, 0.25) is 10.0 Å². The van der Waals surface area contributed by atoms with Crippen LogP contribution >= 0.6 is 23.2 Å². The van der Waals surface area contributed by atoms with Crippen molar-refractivity contribution >= 4 is 40.8 Å². The molecular formula is C19H12Cl2F2N2O4. The van der Waals surface area contributed by atoms with E-state index < -0.39 is 30.1 Å². The second-order valence-electron chi connectivity index (χ2n) is 5.81. The maximum absolute atomic E-state index is 14.2. The second-order valence-corrected chi connectivity index (χ2v) is 6.65. The van der Waals surface area contributed by atoms with Crippen LogP contribution in [0, 0.1) is 18.6 Å². The van der Waals surface area contributed by atoms with E-state index >= 15 is 0 Å². The molecule has 1 heterocycles. The first-order chi connectivity index (χ1) is 13.8. The number of aromatic nitrogens is 1. The van der Waals surface area contributed by atoms with Gasteiger partial charge in [-0.05, 0) is 37.3 Å². The highest BCUT2D eigenvalue weighted by Crippen LogP contribution is 2.33. The number of rotatable bonds is 5. The summed E-state index contributed by atoms with van der Waals surface area (Å²) in [6.45, 7) is 0.684. The summed E-state index contributed by atoms with van der Waals surface area (Å²) in [5.41, 5.74) is -0.641. The summed E-state index contributed by atoms with van der Waals surface area (Å²) in [6, 6.07) is 7.56. The van der Waals surface area contributed by atoms with Gasteiger partial charge in [0.2, 0.25) is 0 Å². The van der Waals surface area contributed by atoms with Gasteiger partial charge in [-0.2, -0.15) is 0 Å². The van der Waals surface area contributed by atoms with Crippen LogP contribution in [0.1, 0.15) is 16.1 Å². The monoisotopic (exact) mass is 440 g/mol. The molecule has 0 fully saturated rings. The van der Waals surface area contributed by atoms with Crippen molar-refractivity contribution in [2.75, 3.05) is 11.9 Å². The molecule has 6 nitrogen and oxygen atoms in total. The highest BCUT2D eigenvalue weighted by Gasteiger charge is 2.27. The Morgan fingerprint density at radius 3 is 2.66 bits per heavy atom. The average molecular weight is 441 g/mol. The number of esters is 1. The normalized spacial score (nSPS) is 10.7. The molecule has 1 N–H and O–H groups in total. The largest absolute Gasteiger partial charge is 0.452 e. The second kappa shape index (κ2) is 8.59. The summed E-state index contributed by atoms with van der Waals surface area (Å²) < 4.78 is 37.8. The maximum atomic E-state index is 14.2. The third-order valence-corrected chi connectivity index (χ3v) is 4.35. The fraction of sp³-hybridized carbons (Fsp3) is 0.105. The molecular weight excluding hydrogens is 429 g/mol. The summed E-state index contributed by atoms with van der Waals surface area (Å²) in [6.07, 6.45) is 0. The van der Waals surface area contributed by atoms with Crippen LogP contribution in [0.15, 0.2) is 40.9 Å². The Hall–Kier alpha value is -2.97. The Morgan fingerprint density at radius 1 is 1.17 bits per heavy atom. The van der Waals surface area contributed by atoms with Crippen molar-refractivity contribution in [3.05, 3.63) is 69.4 Å². The van der Waals surface area contributed by atoms with E-state index in [9.17, 15) is 18.4 Å². The number of nitrogens with one attached hydrogen (secondary N) is 1. The number of ether oxygens (including phenoxy) is 1. The number of anilines is 1. The third-order valence-electron chi connectivity index (χ3n) is 3.80. The number of aryl methyl sites for hydroxylation is 1. The van der Waals surface area contributed by atoms with E-state index in [2.05, 4.69) is 10.5 Å². The van der Waals surface area contributed by atoms with Crippen LogP contribution in [0.25, 0.3) is 11.3 Å². The first-order valence-electron chi connectivity index (χ1n) is 8.10. The Labute approximate surface area is 173 Å². The van der Waals surface area contributed by atoms with E-state index in [1.807, 2.05) is 0 Å². The van der Waals surface area contributed by atoms with Crippen molar-refractivity contribution in [3.8, 4) is 11.3 Å². The van der Waals surface area contributed by atoms with E-state index in [1.54, 1.807) is 0 Å². The minimum absolute atomic E-state index is 0.0153. The Kier molecular flexibility index (Phi) is 6.14. The van der Waals surface area contributed by atoms with E-state index in [0.717, 1.165) is 12.1 Å². The highest BCUT2D eigenvalue weighted by molar-refractivity contribution is 6.33. The molecule has 1 aromatic heterocycles. The molecule has 0 radical (unpaired) electrons. The molecule has 1 amide bonds. The molecule has 0 saturated heterocycles. The molecule has 10 heteroatoms. The number of hydrogen-bond donors (Lipinski definition) is 1. The van der Waals surface area contributed by atoms with E-state index in [0.29, 0.717) is 0 Å². The molecule has 2 aromatic carbocycles. The van der Waals surface area contributed by atoms with Crippen LogP contribution in [0.3, 0.4) is 0 Å². The van der Waals surface area contributed by atoms with Gasteiger partial charge in [0.25, 0.3) is 5.91 Å². The van der Waals surface area contributed by atoms with Gasteiger partial charge in [-0.15, -0.1) is 0 Å². The molecule has 0 atom stereocenters. The maximum Gasteiger partial charge on any atom is 0.344 e. The van der Waals surface area contributed by atoms with Gasteiger partial charge in [0, 0.05) is 5.02 Å². The summed E-state index contributed by atoms with van der Waals surface area (Å²) in [4.78, 5) is 24.4. The minimum Gasteiger partial charge on any atom is -0.452 e. The molecule has 0 spiro atoms. The summed E-state index contributed by atoms with van der Waals surface area (Å²) in [7, 11) is 0. The smallest absolute Gasteiger partial charge is 0.344 e. The van der Waals surface area contributed by atoms with Gasteiger partial charge in [-0.1, -0.05) is 34.4 Å². The van der Waals surface area contributed by atoms with E-state index in [-0.39, 0.29) is 38.3 Å². The number of carbonyl (C=O) groups excluding carboxylic acids is 2. The Bertz CT molecular complexity index is 1080. The zero-order chi connectivity index (χ0) is 21.1. The van der Waals surface area contributed by atoms with Crippen LogP contribution < -0.4 is 5.32 Å². The summed E-state index contributed by atoms with van der Waals surface area (Å²) in [5.74, 6) is -3.17. The Balaban J connectivity index is 1.76. The fourth-order valence-electron chi connectivity index (χ4n) is 2.49. The van der Waals surface area contributed by atoms with Crippen molar-refractivity contribution in [2.24, 2.45) is 0 Å². The number of hydrogen-bond acceptors (Lipinski definition) is 5. The third kappa shape index (κ3) is 4.55. The number of nitrogens with zero attached hydrogens (tertiary/aromatic N) is 1. The topological polar surface area (TPSA) is 81.4 Å². The van der Waals surface area contributed by atoms with Crippen LogP contribution in [0.4, 0.5) is 14.5 Å². The number of benzene rings is 2. The fourth-order valence-corrected chi connectivity index (χ4v) is 2.91. The lowest BCUT2D eigenvalue weighted by atomic mass is 10.1. The van der Waals surface area contributed by atoms with E-state index in [4.69, 9.17) is 32.5 Å². The average Bonchev–Trinajstić information content (AvgIpc) is 3.04. The molecule has 0 aliphatic rings. The standard InChI is InChI=1S/C19H12Cl2F2N2O4/c1-9-16(18(25-29-9)17-11(21)3-2-4-13(17)23)19(27)28-8-15(26)24-14-7-10(20)5-6-12(14)22/h2-7H,8H2,1H3,(H,24,26). The lowest BCUT2D eigenvalue weighted by Gasteiger charge is -2.08. The molecule has 3 rings (SSSR count). The Morgan fingerprint density at radius 2 is 1.93 bits per heavy atom. The molecule has 150 valence electrons. The summed E-state index contributed by atoms with van der Waals surface area (Å²) >= 11 is 11.8. The molecule has 29 heavy (non-hydrogen) atoms. The molecule has 0 unspecified atom stereocenters. The van der Waals surface area contributed by atoms with Crippen LogP contribution in [-0.4, -0.2) is 23.6 Å². The van der Waals surface area contributed by atoms with Crippen molar-refractivity contribution in [1.29, 1.82) is 0 Å². The van der Waals surface area contributed by atoms with Gasteiger partial charge >= 0.3 is 5.97 Å². The SMILES string of the molecule is Cc1onc(-c2c(F)cccc2Cl)c1C(=O)OCC(=O)Nc1cc(Cl)ccc1F. The van der Waals surface area contributed by atoms with Crippen molar-refractivity contribution in [3.63, 3.8) is 0 Å². The lowest BCUT2D eigenvalue weighted by Crippen LogP contribution is -2.21.